The molecule has 0 N–H and O–H groups in total. The van der Waals surface area contributed by atoms with E-state index in [1.165, 1.54) is 28.9 Å². The van der Waals surface area contributed by atoms with Crippen LogP contribution < -0.4 is 14.3 Å². The molecule has 0 fully saturated rings. The molecule has 1 aromatic heterocycles. The monoisotopic (exact) mass is 474 g/mol. The molecule has 9 heteroatoms. The number of hydrogen-bond acceptors (Lipinski definition) is 7. The van der Waals surface area contributed by atoms with E-state index >= 15 is 0 Å². The molecular formula is C23H26N2O5S2. The first-order valence-corrected chi connectivity index (χ1v) is 11.8. The molecule has 170 valence electrons. The van der Waals surface area contributed by atoms with E-state index in [9.17, 15) is 9.59 Å². The first kappa shape index (κ1) is 23.9. The number of ether oxygens (including phenoxy) is 3. The number of thiazole rings is 1. The lowest BCUT2D eigenvalue weighted by molar-refractivity contribution is -0.141. The van der Waals surface area contributed by atoms with Crippen LogP contribution in [0.2, 0.25) is 0 Å². The minimum Gasteiger partial charge on any atom is -0.493 e. The van der Waals surface area contributed by atoms with Gasteiger partial charge in [-0.05, 0) is 31.2 Å². The van der Waals surface area contributed by atoms with Crippen LogP contribution in [-0.2, 0) is 20.9 Å². The van der Waals surface area contributed by atoms with Gasteiger partial charge in [0.25, 0.3) is 0 Å². The zero-order valence-electron chi connectivity index (χ0n) is 18.5. The van der Waals surface area contributed by atoms with Crippen molar-refractivity contribution in [1.82, 2.24) is 4.57 Å². The normalized spacial score (nSPS) is 11.6. The highest BCUT2D eigenvalue weighted by Crippen LogP contribution is 2.33. The summed E-state index contributed by atoms with van der Waals surface area (Å²) >= 11 is 3.04. The van der Waals surface area contributed by atoms with Crippen molar-refractivity contribution in [3.8, 4) is 11.5 Å². The predicted octanol–water partition coefficient (Wildman–Crippen LogP) is 4.20. The van der Waals surface area contributed by atoms with Crippen molar-refractivity contribution in [3.05, 3.63) is 46.8 Å². The number of amides is 1. The van der Waals surface area contributed by atoms with Crippen molar-refractivity contribution in [2.24, 2.45) is 4.99 Å². The summed E-state index contributed by atoms with van der Waals surface area (Å²) in [7, 11) is 4.43. The quantitative estimate of drug-likeness (QED) is 0.263. The summed E-state index contributed by atoms with van der Waals surface area (Å²) in [5, 5.41) is 0. The molecule has 3 rings (SSSR count). The van der Waals surface area contributed by atoms with Crippen LogP contribution in [0.5, 0.6) is 11.5 Å². The number of carbonyl (C=O) groups is 2. The van der Waals surface area contributed by atoms with Gasteiger partial charge in [0.2, 0.25) is 5.91 Å². The Labute approximate surface area is 195 Å². The molecule has 0 aliphatic carbocycles. The third-order valence-corrected chi connectivity index (χ3v) is 6.89. The van der Waals surface area contributed by atoms with Gasteiger partial charge in [-0.3, -0.25) is 9.59 Å². The van der Waals surface area contributed by atoms with Crippen molar-refractivity contribution in [2.45, 2.75) is 31.2 Å². The smallest absolute Gasteiger partial charge is 0.325 e. The molecule has 0 aliphatic heterocycles. The van der Waals surface area contributed by atoms with E-state index in [-0.39, 0.29) is 12.5 Å². The molecule has 0 unspecified atom stereocenters. The molecule has 0 aliphatic rings. The maximum Gasteiger partial charge on any atom is 0.325 e. The van der Waals surface area contributed by atoms with Crippen LogP contribution >= 0.6 is 23.1 Å². The van der Waals surface area contributed by atoms with E-state index < -0.39 is 5.97 Å². The second kappa shape index (κ2) is 11.2. The highest BCUT2D eigenvalue weighted by atomic mass is 32.2. The molecule has 0 bridgehead atoms. The minimum absolute atomic E-state index is 0.0542. The van der Waals surface area contributed by atoms with E-state index in [2.05, 4.69) is 36.2 Å². The lowest BCUT2D eigenvalue weighted by atomic mass is 10.2. The lowest BCUT2D eigenvalue weighted by Crippen LogP contribution is -2.22. The highest BCUT2D eigenvalue weighted by Gasteiger charge is 2.15. The van der Waals surface area contributed by atoms with Crippen LogP contribution in [0.1, 0.15) is 18.4 Å². The van der Waals surface area contributed by atoms with Gasteiger partial charge in [-0.1, -0.05) is 29.0 Å². The predicted molar refractivity (Wildman–Crippen MR) is 127 cm³/mol. The third-order valence-electron chi connectivity index (χ3n) is 4.75. The average molecular weight is 475 g/mol. The number of hydrogen-bond donors (Lipinski definition) is 0. The Morgan fingerprint density at radius 1 is 1.06 bits per heavy atom. The van der Waals surface area contributed by atoms with Gasteiger partial charge in [0, 0.05) is 23.4 Å². The molecule has 1 heterocycles. The fourth-order valence-electron chi connectivity index (χ4n) is 3.04. The van der Waals surface area contributed by atoms with Crippen LogP contribution in [0.3, 0.4) is 0 Å². The number of methoxy groups -OCH3 is 3. The van der Waals surface area contributed by atoms with E-state index in [0.717, 1.165) is 16.0 Å². The number of nitrogens with zero attached hydrogens (tertiary/aromatic N) is 2. The maximum atomic E-state index is 12.6. The van der Waals surface area contributed by atoms with Crippen molar-refractivity contribution >= 4 is 45.2 Å². The van der Waals surface area contributed by atoms with Gasteiger partial charge in [0.1, 0.15) is 6.54 Å². The standard InChI is InChI=1S/C23H26N2O5S2/c1-15-7-9-16(10-8-15)31-11-5-6-21(26)24-23-25(14-22(27)30-4)17-12-18(28-2)19(29-3)13-20(17)32-23/h7-10,12-13H,5-6,11,14H2,1-4H3. The second-order valence-corrected chi connectivity index (χ2v) is 9.17. The topological polar surface area (TPSA) is 79.1 Å². The largest absolute Gasteiger partial charge is 0.493 e. The summed E-state index contributed by atoms with van der Waals surface area (Å²) in [4.78, 5) is 30.5. The molecule has 0 spiro atoms. The Hall–Kier alpha value is -2.78. The van der Waals surface area contributed by atoms with Crippen LogP contribution in [0, 0.1) is 6.92 Å². The lowest BCUT2D eigenvalue weighted by Gasteiger charge is -2.09. The Morgan fingerprint density at radius 2 is 1.75 bits per heavy atom. The van der Waals surface area contributed by atoms with Gasteiger partial charge in [-0.15, -0.1) is 11.8 Å². The van der Waals surface area contributed by atoms with E-state index in [1.807, 2.05) is 6.07 Å². The highest BCUT2D eigenvalue weighted by molar-refractivity contribution is 7.99. The van der Waals surface area contributed by atoms with Crippen molar-refractivity contribution < 1.29 is 23.8 Å². The number of aromatic nitrogens is 1. The zero-order valence-corrected chi connectivity index (χ0v) is 20.2. The maximum absolute atomic E-state index is 12.6. The summed E-state index contributed by atoms with van der Waals surface area (Å²) in [6.45, 7) is 2.00. The third kappa shape index (κ3) is 5.92. The molecule has 0 saturated carbocycles. The molecule has 1 amide bonds. The Kier molecular flexibility index (Phi) is 8.35. The molecule has 7 nitrogen and oxygen atoms in total. The number of esters is 1. The van der Waals surface area contributed by atoms with Crippen LogP contribution in [0.25, 0.3) is 10.2 Å². The first-order chi connectivity index (χ1) is 15.4. The SMILES string of the molecule is COC(=O)Cn1c(=NC(=O)CCCSc2ccc(C)cc2)sc2cc(OC)c(OC)cc21. The van der Waals surface area contributed by atoms with Crippen LogP contribution in [-0.4, -0.2) is 43.5 Å². The fraction of sp³-hybridized carbons (Fsp3) is 0.348. The number of thioether (sulfide) groups is 1. The summed E-state index contributed by atoms with van der Waals surface area (Å²) in [5.41, 5.74) is 1.95. The number of benzene rings is 2. The fourth-order valence-corrected chi connectivity index (χ4v) is 4.95. The Balaban J connectivity index is 1.79. The second-order valence-electron chi connectivity index (χ2n) is 6.99. The zero-order chi connectivity index (χ0) is 23.1. The van der Waals surface area contributed by atoms with Crippen LogP contribution in [0.4, 0.5) is 0 Å². The molecule has 0 saturated heterocycles. The van der Waals surface area contributed by atoms with Gasteiger partial charge < -0.3 is 18.8 Å². The van der Waals surface area contributed by atoms with Crippen LogP contribution in [0.15, 0.2) is 46.3 Å². The van der Waals surface area contributed by atoms with E-state index in [4.69, 9.17) is 14.2 Å². The number of aryl methyl sites for hydroxylation is 1. The van der Waals surface area contributed by atoms with Gasteiger partial charge in [-0.25, -0.2) is 0 Å². The summed E-state index contributed by atoms with van der Waals surface area (Å²) < 4.78 is 18.1. The molecule has 2 aromatic carbocycles. The van der Waals surface area contributed by atoms with Crippen molar-refractivity contribution in [3.63, 3.8) is 0 Å². The van der Waals surface area contributed by atoms with E-state index in [0.29, 0.717) is 29.1 Å². The minimum atomic E-state index is -0.428. The van der Waals surface area contributed by atoms with Crippen molar-refractivity contribution in [1.29, 1.82) is 0 Å². The van der Waals surface area contributed by atoms with Gasteiger partial charge in [0.15, 0.2) is 16.3 Å². The number of fused-ring (bicyclic) bond motifs is 1. The average Bonchev–Trinajstić information content (AvgIpc) is 3.12. The van der Waals surface area contributed by atoms with Gasteiger partial charge in [0.05, 0.1) is 31.5 Å². The van der Waals surface area contributed by atoms with Gasteiger partial charge in [-0.2, -0.15) is 4.99 Å². The van der Waals surface area contributed by atoms with Gasteiger partial charge >= 0.3 is 5.97 Å². The Bertz CT molecular complexity index is 1170. The number of carbonyl (C=O) groups excluding carboxylic acids is 2. The molecular weight excluding hydrogens is 448 g/mol. The summed E-state index contributed by atoms with van der Waals surface area (Å²) in [6, 6.07) is 11.9. The molecule has 3 aromatic rings. The summed E-state index contributed by atoms with van der Waals surface area (Å²) in [6.07, 6.45) is 1.04. The Morgan fingerprint density at radius 3 is 2.41 bits per heavy atom. The molecule has 0 radical (unpaired) electrons. The van der Waals surface area contributed by atoms with Crippen molar-refractivity contribution in [2.75, 3.05) is 27.1 Å². The molecule has 32 heavy (non-hydrogen) atoms. The number of rotatable bonds is 9. The van der Waals surface area contributed by atoms with E-state index in [1.54, 1.807) is 36.6 Å². The summed E-state index contributed by atoms with van der Waals surface area (Å²) in [5.74, 6) is 1.27. The molecule has 0 atom stereocenters. The first-order valence-electron chi connectivity index (χ1n) is 10.0.